The normalized spacial score (nSPS) is 19.7. The van der Waals surface area contributed by atoms with Gasteiger partial charge >= 0.3 is 6.09 Å². The molecule has 0 aliphatic carbocycles. The number of benzene rings is 2. The van der Waals surface area contributed by atoms with Crippen LogP contribution in [0.15, 0.2) is 66.9 Å². The van der Waals surface area contributed by atoms with E-state index >= 15 is 0 Å². The number of halogens is 2. The Bertz CT molecular complexity index is 1310. The molecule has 39 heavy (non-hydrogen) atoms. The maximum absolute atomic E-state index is 13.7. The molecule has 5 rings (SSSR count). The van der Waals surface area contributed by atoms with E-state index in [4.69, 9.17) is 33.7 Å². The average molecular weight is 569 g/mol. The molecular weight excluding hydrogens is 537 g/mol. The highest BCUT2D eigenvalue weighted by atomic mass is 35.5. The predicted octanol–water partition coefficient (Wildman–Crippen LogP) is 5.31. The molecule has 0 saturated carbocycles. The second-order valence-corrected chi connectivity index (χ2v) is 10.9. The number of ether oxygens (including phenoxy) is 1. The number of aromatic nitrogens is 1. The Balaban J connectivity index is 1.29. The largest absolute Gasteiger partial charge is 0.415 e. The van der Waals surface area contributed by atoms with Crippen molar-refractivity contribution in [3.05, 3.63) is 82.5 Å². The summed E-state index contributed by atoms with van der Waals surface area (Å²) in [5.41, 5.74) is 7.41. The fourth-order valence-electron chi connectivity index (χ4n) is 5.42. The molecule has 8 nitrogen and oxygen atoms in total. The predicted molar refractivity (Wildman–Crippen MR) is 153 cm³/mol. The number of para-hydroxylation sites is 1. The van der Waals surface area contributed by atoms with Gasteiger partial charge in [0, 0.05) is 50.1 Å². The first-order valence-corrected chi connectivity index (χ1v) is 13.8. The van der Waals surface area contributed by atoms with Crippen LogP contribution in [0.25, 0.3) is 0 Å². The Labute approximate surface area is 238 Å². The number of hydrogen-bond donors (Lipinski definition) is 1. The Morgan fingerprint density at radius 1 is 1.00 bits per heavy atom. The minimum Gasteiger partial charge on any atom is -0.409 e. The molecule has 0 unspecified atom stereocenters. The van der Waals surface area contributed by atoms with Crippen LogP contribution in [0.2, 0.25) is 10.0 Å². The van der Waals surface area contributed by atoms with Gasteiger partial charge in [-0.25, -0.2) is 9.78 Å². The molecule has 2 aliphatic rings. The molecular formula is C29H31Cl2N5O3. The molecule has 2 amide bonds. The van der Waals surface area contributed by atoms with Gasteiger partial charge < -0.3 is 25.2 Å². The molecule has 2 atom stereocenters. The third-order valence-corrected chi connectivity index (χ3v) is 8.22. The van der Waals surface area contributed by atoms with E-state index in [1.165, 1.54) is 0 Å². The molecule has 10 heteroatoms. The van der Waals surface area contributed by atoms with Crippen LogP contribution >= 0.6 is 23.2 Å². The van der Waals surface area contributed by atoms with E-state index in [2.05, 4.69) is 9.88 Å². The van der Waals surface area contributed by atoms with Gasteiger partial charge in [0.25, 0.3) is 0 Å². The van der Waals surface area contributed by atoms with Crippen molar-refractivity contribution in [3.8, 4) is 5.75 Å². The van der Waals surface area contributed by atoms with Crippen molar-refractivity contribution in [3.63, 3.8) is 0 Å². The third kappa shape index (κ3) is 6.07. The molecule has 2 aromatic carbocycles. The number of amides is 2. The lowest BCUT2D eigenvalue weighted by molar-refractivity contribution is -0.135. The Morgan fingerprint density at radius 3 is 2.38 bits per heavy atom. The van der Waals surface area contributed by atoms with Gasteiger partial charge in [0.2, 0.25) is 5.91 Å². The van der Waals surface area contributed by atoms with Crippen LogP contribution in [0.1, 0.15) is 24.3 Å². The van der Waals surface area contributed by atoms with E-state index in [1.807, 2.05) is 41.3 Å². The van der Waals surface area contributed by atoms with E-state index in [0.717, 1.165) is 37.3 Å². The number of carbonyl (C=O) groups excluding carboxylic acids is 2. The zero-order valence-corrected chi connectivity index (χ0v) is 23.2. The average Bonchev–Trinajstić information content (AvgIpc) is 3.40. The van der Waals surface area contributed by atoms with Gasteiger partial charge in [0.15, 0.2) is 5.75 Å². The van der Waals surface area contributed by atoms with Crippen molar-refractivity contribution >= 4 is 46.7 Å². The van der Waals surface area contributed by atoms with Crippen molar-refractivity contribution in [2.24, 2.45) is 5.92 Å². The number of likely N-dealkylation sites (tertiary alicyclic amines) is 1. The van der Waals surface area contributed by atoms with Gasteiger partial charge in [0.1, 0.15) is 5.82 Å². The zero-order chi connectivity index (χ0) is 27.5. The van der Waals surface area contributed by atoms with Crippen molar-refractivity contribution in [2.45, 2.75) is 24.8 Å². The molecule has 2 fully saturated rings. The van der Waals surface area contributed by atoms with Crippen LogP contribution in [0.4, 0.5) is 16.3 Å². The van der Waals surface area contributed by atoms with Crippen LogP contribution in [-0.2, 0) is 4.79 Å². The summed E-state index contributed by atoms with van der Waals surface area (Å²) in [6, 6.07) is 17.9. The van der Waals surface area contributed by atoms with Crippen molar-refractivity contribution in [1.29, 1.82) is 0 Å². The number of rotatable bonds is 5. The molecule has 2 saturated heterocycles. The van der Waals surface area contributed by atoms with E-state index < -0.39 is 6.09 Å². The smallest absolute Gasteiger partial charge is 0.409 e. The molecule has 2 aliphatic heterocycles. The Hall–Kier alpha value is -3.49. The number of nitrogen functional groups attached to an aromatic ring is 1. The first-order valence-electron chi connectivity index (χ1n) is 13.0. The SMILES string of the molecule is CN(C(=O)Oc1ccccc1Cl)[C@@H]1CN(C(=O)C2CCN(c3ccc(N)cn3)CC2)C[C@H]1c1ccc(Cl)cc1. The molecule has 2 N–H and O–H groups in total. The van der Waals surface area contributed by atoms with Crippen LogP contribution in [0, 0.1) is 5.92 Å². The highest BCUT2D eigenvalue weighted by Gasteiger charge is 2.42. The van der Waals surface area contributed by atoms with Crippen molar-refractivity contribution in [2.75, 3.05) is 43.9 Å². The minimum absolute atomic E-state index is 0.0833. The number of piperidine rings is 1. The van der Waals surface area contributed by atoms with E-state index in [1.54, 1.807) is 42.4 Å². The molecule has 0 bridgehead atoms. The number of nitrogens with two attached hydrogens (primary N) is 1. The lowest BCUT2D eigenvalue weighted by atomic mass is 9.93. The summed E-state index contributed by atoms with van der Waals surface area (Å²) >= 11 is 12.3. The third-order valence-electron chi connectivity index (χ3n) is 7.66. The summed E-state index contributed by atoms with van der Waals surface area (Å²) in [5, 5.41) is 0.993. The molecule has 0 radical (unpaired) electrons. The van der Waals surface area contributed by atoms with E-state index in [0.29, 0.717) is 34.6 Å². The first kappa shape index (κ1) is 27.1. The number of anilines is 2. The van der Waals surface area contributed by atoms with Crippen LogP contribution in [0.3, 0.4) is 0 Å². The van der Waals surface area contributed by atoms with E-state index in [9.17, 15) is 9.59 Å². The summed E-state index contributed by atoms with van der Waals surface area (Å²) in [5.74, 6) is 1.12. The lowest BCUT2D eigenvalue weighted by Gasteiger charge is -2.34. The fraction of sp³-hybridized carbons (Fsp3) is 0.345. The zero-order valence-electron chi connectivity index (χ0n) is 21.7. The second-order valence-electron chi connectivity index (χ2n) is 10.1. The summed E-state index contributed by atoms with van der Waals surface area (Å²) in [7, 11) is 1.71. The Morgan fingerprint density at radius 2 is 1.72 bits per heavy atom. The monoisotopic (exact) mass is 567 g/mol. The number of carbonyl (C=O) groups is 2. The van der Waals surface area contributed by atoms with Gasteiger partial charge in [-0.2, -0.15) is 0 Å². The second kappa shape index (κ2) is 11.7. The summed E-state index contributed by atoms with van der Waals surface area (Å²) < 4.78 is 5.61. The first-order chi connectivity index (χ1) is 18.8. The maximum Gasteiger partial charge on any atom is 0.415 e. The highest BCUT2D eigenvalue weighted by molar-refractivity contribution is 6.32. The van der Waals surface area contributed by atoms with Gasteiger partial charge in [-0.3, -0.25) is 4.79 Å². The summed E-state index contributed by atoms with van der Waals surface area (Å²) in [6.07, 6.45) is 2.61. The lowest BCUT2D eigenvalue weighted by Crippen LogP contribution is -2.45. The molecule has 204 valence electrons. The van der Waals surface area contributed by atoms with Gasteiger partial charge in [-0.15, -0.1) is 0 Å². The quantitative estimate of drug-likeness (QED) is 0.449. The number of pyridine rings is 1. The van der Waals surface area contributed by atoms with E-state index in [-0.39, 0.29) is 23.8 Å². The topological polar surface area (TPSA) is 92.0 Å². The standard InChI is InChI=1S/C29H31Cl2N5O3/c1-34(29(38)39-26-5-3-2-4-24(26)31)25-18-36(17-23(25)19-6-8-21(30)9-7-19)28(37)20-12-14-35(15-13-20)27-11-10-22(32)16-33-27/h2-11,16,20,23,25H,12-15,17-18,32H2,1H3/t23-,25+/m0/s1. The number of likely N-dealkylation sites (N-methyl/N-ethyl adjacent to an activating group) is 1. The van der Waals surface area contributed by atoms with Crippen LogP contribution in [-0.4, -0.2) is 66.1 Å². The fourth-order valence-corrected chi connectivity index (χ4v) is 5.72. The number of nitrogens with zero attached hydrogens (tertiary/aromatic N) is 4. The molecule has 3 aromatic rings. The van der Waals surface area contributed by atoms with Crippen molar-refractivity contribution in [1.82, 2.24) is 14.8 Å². The molecule has 3 heterocycles. The van der Waals surface area contributed by atoms with Gasteiger partial charge in [0.05, 0.1) is 22.9 Å². The highest BCUT2D eigenvalue weighted by Crippen LogP contribution is 2.34. The summed E-state index contributed by atoms with van der Waals surface area (Å²) in [4.78, 5) is 36.9. The van der Waals surface area contributed by atoms with Gasteiger partial charge in [-0.05, 0) is 54.8 Å². The summed E-state index contributed by atoms with van der Waals surface area (Å²) in [6.45, 7) is 2.42. The number of hydrogen-bond acceptors (Lipinski definition) is 6. The maximum atomic E-state index is 13.7. The van der Waals surface area contributed by atoms with Crippen LogP contribution < -0.4 is 15.4 Å². The van der Waals surface area contributed by atoms with Crippen molar-refractivity contribution < 1.29 is 14.3 Å². The minimum atomic E-state index is -0.523. The molecule has 0 spiro atoms. The Kier molecular flexibility index (Phi) is 8.14. The van der Waals surface area contributed by atoms with Gasteiger partial charge in [-0.1, -0.05) is 47.5 Å². The van der Waals surface area contributed by atoms with Crippen LogP contribution in [0.5, 0.6) is 5.75 Å². The molecule has 1 aromatic heterocycles.